The first kappa shape index (κ1) is 15.9. The lowest BCUT2D eigenvalue weighted by atomic mass is 10.1. The second-order valence-corrected chi connectivity index (χ2v) is 4.88. The molecule has 8 heteroatoms. The minimum atomic E-state index is -0.779. The largest absolute Gasteiger partial charge is 0.366 e. The number of amides is 1. The molecule has 1 heterocycles. The SMILES string of the molecule is Cc1ccn(Cc2ccc(C(N)=O)cc2[N+](=O)[O-])c(=O)c1C#N. The Morgan fingerprint density at radius 1 is 1.43 bits per heavy atom. The Balaban J connectivity index is 2.53. The number of carbonyl (C=O) groups excluding carboxylic acids is 1. The summed E-state index contributed by atoms with van der Waals surface area (Å²) < 4.78 is 1.21. The second kappa shape index (κ2) is 6.11. The number of pyridine rings is 1. The standard InChI is InChI=1S/C15H12N4O4/c1-9-4-5-18(15(21)12(9)7-16)8-11-3-2-10(14(17)20)6-13(11)19(22)23/h2-6H,8H2,1H3,(H2,17,20). The average Bonchev–Trinajstić information content (AvgIpc) is 2.50. The van der Waals surface area contributed by atoms with Crippen LogP contribution in [0.3, 0.4) is 0 Å². The van der Waals surface area contributed by atoms with Gasteiger partial charge in [0.1, 0.15) is 11.6 Å². The van der Waals surface area contributed by atoms with Crippen molar-refractivity contribution in [3.05, 3.63) is 73.2 Å². The van der Waals surface area contributed by atoms with Gasteiger partial charge in [-0.25, -0.2) is 0 Å². The zero-order valence-corrected chi connectivity index (χ0v) is 12.1. The van der Waals surface area contributed by atoms with Crippen molar-refractivity contribution in [3.8, 4) is 6.07 Å². The Kier molecular flexibility index (Phi) is 4.23. The quantitative estimate of drug-likeness (QED) is 0.666. The number of carbonyl (C=O) groups is 1. The van der Waals surface area contributed by atoms with E-state index in [-0.39, 0.29) is 28.9 Å². The molecule has 23 heavy (non-hydrogen) atoms. The van der Waals surface area contributed by atoms with Crippen LogP contribution in [-0.4, -0.2) is 15.4 Å². The molecular weight excluding hydrogens is 300 g/mol. The topological polar surface area (TPSA) is 132 Å². The first-order chi connectivity index (χ1) is 10.8. The van der Waals surface area contributed by atoms with Crippen molar-refractivity contribution in [2.75, 3.05) is 0 Å². The van der Waals surface area contributed by atoms with Gasteiger partial charge in [0.25, 0.3) is 11.2 Å². The maximum Gasteiger partial charge on any atom is 0.275 e. The lowest BCUT2D eigenvalue weighted by Crippen LogP contribution is -2.24. The fourth-order valence-electron chi connectivity index (χ4n) is 2.13. The molecule has 8 nitrogen and oxygen atoms in total. The van der Waals surface area contributed by atoms with Crippen LogP contribution >= 0.6 is 0 Å². The zero-order chi connectivity index (χ0) is 17.1. The summed E-state index contributed by atoms with van der Waals surface area (Å²) in [6.45, 7) is 1.54. The monoisotopic (exact) mass is 312 g/mol. The molecule has 0 bridgehead atoms. The molecule has 116 valence electrons. The summed E-state index contributed by atoms with van der Waals surface area (Å²) in [6, 6.07) is 7.21. The number of rotatable bonds is 4. The fourth-order valence-corrected chi connectivity index (χ4v) is 2.13. The molecular formula is C15H12N4O4. The van der Waals surface area contributed by atoms with Crippen molar-refractivity contribution in [1.29, 1.82) is 5.26 Å². The summed E-state index contributed by atoms with van der Waals surface area (Å²) in [7, 11) is 0. The van der Waals surface area contributed by atoms with E-state index in [0.717, 1.165) is 6.07 Å². The van der Waals surface area contributed by atoms with E-state index in [4.69, 9.17) is 11.0 Å². The highest BCUT2D eigenvalue weighted by molar-refractivity contribution is 5.93. The van der Waals surface area contributed by atoms with E-state index in [2.05, 4.69) is 0 Å². The van der Waals surface area contributed by atoms with E-state index in [9.17, 15) is 19.7 Å². The van der Waals surface area contributed by atoms with E-state index < -0.39 is 16.4 Å². The van der Waals surface area contributed by atoms with Crippen LogP contribution in [0.1, 0.15) is 27.0 Å². The number of nitrogens with zero attached hydrogens (tertiary/aromatic N) is 3. The Morgan fingerprint density at radius 3 is 2.70 bits per heavy atom. The van der Waals surface area contributed by atoms with E-state index in [1.165, 1.54) is 22.9 Å². The predicted molar refractivity (Wildman–Crippen MR) is 80.9 cm³/mol. The van der Waals surface area contributed by atoms with Gasteiger partial charge < -0.3 is 10.3 Å². The van der Waals surface area contributed by atoms with Crippen molar-refractivity contribution in [3.63, 3.8) is 0 Å². The van der Waals surface area contributed by atoms with Gasteiger partial charge in [-0.1, -0.05) is 0 Å². The van der Waals surface area contributed by atoms with E-state index in [0.29, 0.717) is 5.56 Å². The average molecular weight is 312 g/mol. The molecule has 1 amide bonds. The van der Waals surface area contributed by atoms with Crippen molar-refractivity contribution in [2.24, 2.45) is 5.73 Å². The van der Waals surface area contributed by atoms with Crippen LogP contribution in [0.4, 0.5) is 5.69 Å². The summed E-state index contributed by atoms with van der Waals surface area (Å²) in [5, 5.41) is 20.2. The van der Waals surface area contributed by atoms with Crippen LogP contribution in [0.25, 0.3) is 0 Å². The van der Waals surface area contributed by atoms with Crippen LogP contribution < -0.4 is 11.3 Å². The van der Waals surface area contributed by atoms with Crippen LogP contribution in [0.5, 0.6) is 0 Å². The van der Waals surface area contributed by atoms with E-state index in [1.54, 1.807) is 13.0 Å². The normalized spacial score (nSPS) is 10.1. The first-order valence-electron chi connectivity index (χ1n) is 6.52. The van der Waals surface area contributed by atoms with Crippen molar-refractivity contribution in [2.45, 2.75) is 13.5 Å². The molecule has 0 fully saturated rings. The summed E-state index contributed by atoms with van der Waals surface area (Å²) in [5.74, 6) is -0.779. The van der Waals surface area contributed by atoms with Gasteiger partial charge in [0, 0.05) is 23.4 Å². The smallest absolute Gasteiger partial charge is 0.275 e. The number of nitrogens with two attached hydrogens (primary N) is 1. The van der Waals surface area contributed by atoms with Gasteiger partial charge in [0.05, 0.1) is 11.5 Å². The van der Waals surface area contributed by atoms with Crippen LogP contribution in [0, 0.1) is 28.4 Å². The lowest BCUT2D eigenvalue weighted by Gasteiger charge is -2.09. The summed E-state index contributed by atoms with van der Waals surface area (Å²) >= 11 is 0. The summed E-state index contributed by atoms with van der Waals surface area (Å²) in [5.41, 5.74) is 5.04. The van der Waals surface area contributed by atoms with Crippen LogP contribution in [-0.2, 0) is 6.54 Å². The van der Waals surface area contributed by atoms with Gasteiger partial charge in [-0.2, -0.15) is 5.26 Å². The molecule has 2 rings (SSSR count). The molecule has 0 saturated heterocycles. The number of nitro groups is 1. The highest BCUT2D eigenvalue weighted by Gasteiger charge is 2.18. The number of aryl methyl sites for hydroxylation is 1. The molecule has 0 radical (unpaired) electrons. The number of aromatic nitrogens is 1. The number of benzene rings is 1. The van der Waals surface area contributed by atoms with Gasteiger partial charge in [-0.05, 0) is 30.7 Å². The molecule has 2 aromatic rings. The van der Waals surface area contributed by atoms with Crippen molar-refractivity contribution < 1.29 is 9.72 Å². The molecule has 0 aliphatic heterocycles. The highest BCUT2D eigenvalue weighted by atomic mass is 16.6. The Morgan fingerprint density at radius 2 is 2.13 bits per heavy atom. The van der Waals surface area contributed by atoms with Gasteiger partial charge in [0.2, 0.25) is 5.91 Å². The molecule has 2 N–H and O–H groups in total. The van der Waals surface area contributed by atoms with Gasteiger partial charge in [-0.15, -0.1) is 0 Å². The maximum atomic E-state index is 12.2. The van der Waals surface area contributed by atoms with Crippen LogP contribution in [0.2, 0.25) is 0 Å². The molecule has 0 saturated carbocycles. The van der Waals surface area contributed by atoms with Gasteiger partial charge in [-0.3, -0.25) is 19.7 Å². The van der Waals surface area contributed by atoms with Crippen LogP contribution in [0.15, 0.2) is 35.3 Å². The number of nitro benzene ring substituents is 1. The number of primary amides is 1. The Labute approximate surface area is 130 Å². The Bertz CT molecular complexity index is 909. The predicted octanol–water partition coefficient (Wildman–Crippen LogP) is 1.08. The molecule has 1 aromatic carbocycles. The number of nitriles is 1. The third-order valence-electron chi connectivity index (χ3n) is 3.39. The lowest BCUT2D eigenvalue weighted by molar-refractivity contribution is -0.385. The van der Waals surface area contributed by atoms with Crippen molar-refractivity contribution in [1.82, 2.24) is 4.57 Å². The van der Waals surface area contributed by atoms with Gasteiger partial charge >= 0.3 is 0 Å². The molecule has 0 unspecified atom stereocenters. The Hall–Kier alpha value is -3.47. The minimum absolute atomic E-state index is 0.00872. The maximum absolute atomic E-state index is 12.2. The minimum Gasteiger partial charge on any atom is -0.366 e. The molecule has 0 atom stereocenters. The molecule has 0 aliphatic carbocycles. The number of hydrogen-bond acceptors (Lipinski definition) is 5. The van der Waals surface area contributed by atoms with E-state index >= 15 is 0 Å². The number of hydrogen-bond donors (Lipinski definition) is 1. The zero-order valence-electron chi connectivity index (χ0n) is 12.1. The molecule has 0 spiro atoms. The summed E-state index contributed by atoms with van der Waals surface area (Å²) in [6.07, 6.45) is 1.46. The third kappa shape index (κ3) is 3.08. The second-order valence-electron chi connectivity index (χ2n) is 4.88. The fraction of sp³-hybridized carbons (Fsp3) is 0.133. The van der Waals surface area contributed by atoms with E-state index in [1.807, 2.05) is 6.07 Å². The third-order valence-corrected chi connectivity index (χ3v) is 3.39. The highest BCUT2D eigenvalue weighted by Crippen LogP contribution is 2.21. The first-order valence-corrected chi connectivity index (χ1v) is 6.52. The summed E-state index contributed by atoms with van der Waals surface area (Å²) in [4.78, 5) is 33.8. The molecule has 1 aromatic heterocycles. The van der Waals surface area contributed by atoms with Crippen molar-refractivity contribution >= 4 is 11.6 Å². The molecule has 0 aliphatic rings. The van der Waals surface area contributed by atoms with Gasteiger partial charge in [0.15, 0.2) is 0 Å².